The molecule has 0 aromatic carbocycles. The number of carbonyl (C=O) groups excluding carboxylic acids is 1. The van der Waals surface area contributed by atoms with Gasteiger partial charge in [-0.2, -0.15) is 0 Å². The van der Waals surface area contributed by atoms with Crippen LogP contribution in [0, 0.1) is 5.41 Å². The molecule has 4 rings (SSSR count). The number of pyridine rings is 1. The Hall–Kier alpha value is -1.88. The number of allylic oxidation sites excluding steroid dienone is 1. The van der Waals surface area contributed by atoms with Crippen LogP contribution in [0.2, 0.25) is 0 Å². The summed E-state index contributed by atoms with van der Waals surface area (Å²) < 4.78 is 11.9. The molecule has 1 aliphatic carbocycles. The van der Waals surface area contributed by atoms with Gasteiger partial charge in [-0.15, -0.1) is 0 Å². The lowest BCUT2D eigenvalue weighted by atomic mass is 9.77. The zero-order valence-electron chi connectivity index (χ0n) is 13.9. The molecule has 0 bridgehead atoms. The minimum Gasteiger partial charge on any atom is -0.477 e. The number of hydrogen-bond acceptors (Lipinski definition) is 4. The van der Waals surface area contributed by atoms with Crippen LogP contribution in [0.25, 0.3) is 0 Å². The molecule has 1 amide bonds. The number of piperidine rings is 1. The topological polar surface area (TPSA) is 51.7 Å². The van der Waals surface area contributed by atoms with Gasteiger partial charge < -0.3 is 14.4 Å². The lowest BCUT2D eigenvalue weighted by Crippen LogP contribution is -2.54. The molecule has 2 atom stereocenters. The van der Waals surface area contributed by atoms with Gasteiger partial charge in [0, 0.05) is 37.5 Å². The Morgan fingerprint density at radius 2 is 2.42 bits per heavy atom. The van der Waals surface area contributed by atoms with E-state index >= 15 is 0 Å². The van der Waals surface area contributed by atoms with Crippen molar-refractivity contribution in [1.29, 1.82) is 0 Å². The van der Waals surface area contributed by atoms with Gasteiger partial charge >= 0.3 is 0 Å². The molecule has 128 valence electrons. The molecular formula is C19H24N2O3. The molecule has 0 N–H and O–H groups in total. The maximum Gasteiger partial charge on any atom is 0.249 e. The van der Waals surface area contributed by atoms with Crippen molar-refractivity contribution in [2.75, 3.05) is 26.3 Å². The first-order valence-electron chi connectivity index (χ1n) is 8.91. The summed E-state index contributed by atoms with van der Waals surface area (Å²) in [5, 5.41) is 0. The van der Waals surface area contributed by atoms with E-state index in [1.54, 1.807) is 6.20 Å². The highest BCUT2D eigenvalue weighted by Crippen LogP contribution is 2.41. The summed E-state index contributed by atoms with van der Waals surface area (Å²) in [5.74, 6) is 0.856. The number of amides is 1. The van der Waals surface area contributed by atoms with E-state index in [2.05, 4.69) is 11.1 Å². The van der Waals surface area contributed by atoms with Crippen molar-refractivity contribution in [3.8, 4) is 5.88 Å². The summed E-state index contributed by atoms with van der Waals surface area (Å²) in [6, 6.07) is 5.67. The van der Waals surface area contributed by atoms with Crippen molar-refractivity contribution in [1.82, 2.24) is 9.88 Å². The molecule has 3 heterocycles. The van der Waals surface area contributed by atoms with E-state index in [-0.39, 0.29) is 17.4 Å². The number of rotatable bonds is 4. The van der Waals surface area contributed by atoms with E-state index in [0.717, 1.165) is 57.4 Å². The predicted molar refractivity (Wildman–Crippen MR) is 89.7 cm³/mol. The molecule has 0 saturated carbocycles. The van der Waals surface area contributed by atoms with Crippen molar-refractivity contribution < 1.29 is 14.3 Å². The molecule has 24 heavy (non-hydrogen) atoms. The lowest BCUT2D eigenvalue weighted by molar-refractivity contribution is -0.134. The number of aromatic nitrogens is 1. The molecule has 5 heteroatoms. The summed E-state index contributed by atoms with van der Waals surface area (Å²) in [4.78, 5) is 19.0. The average molecular weight is 328 g/mol. The third kappa shape index (κ3) is 2.93. The molecular weight excluding hydrogens is 304 g/mol. The Morgan fingerprint density at radius 3 is 3.21 bits per heavy atom. The second-order valence-electron chi connectivity index (χ2n) is 7.07. The molecule has 2 saturated heterocycles. The number of fused-ring (bicyclic) bond motifs is 1. The van der Waals surface area contributed by atoms with Crippen LogP contribution in [0.5, 0.6) is 5.88 Å². The third-order valence-corrected chi connectivity index (χ3v) is 5.52. The van der Waals surface area contributed by atoms with Crippen LogP contribution < -0.4 is 4.74 Å². The SMILES string of the molecule is O=C(C1=CCCC1)N1CC[C@@H]2OCC[C@]2(COc2ccccn2)C1. The first-order valence-corrected chi connectivity index (χ1v) is 8.91. The van der Waals surface area contributed by atoms with Crippen molar-refractivity contribution in [2.45, 2.75) is 38.2 Å². The Kier molecular flexibility index (Phi) is 4.27. The fraction of sp³-hybridized carbons (Fsp3) is 0.579. The predicted octanol–water partition coefficient (Wildman–Crippen LogP) is 2.58. The minimum absolute atomic E-state index is 0.107. The smallest absolute Gasteiger partial charge is 0.249 e. The van der Waals surface area contributed by atoms with Gasteiger partial charge in [-0.25, -0.2) is 4.98 Å². The summed E-state index contributed by atoms with van der Waals surface area (Å²) >= 11 is 0. The maximum atomic E-state index is 12.8. The van der Waals surface area contributed by atoms with Crippen molar-refractivity contribution in [3.05, 3.63) is 36.0 Å². The first-order chi connectivity index (χ1) is 11.8. The number of ether oxygens (including phenoxy) is 2. The molecule has 3 aliphatic rings. The van der Waals surface area contributed by atoms with Crippen LogP contribution >= 0.6 is 0 Å². The Morgan fingerprint density at radius 1 is 1.46 bits per heavy atom. The fourth-order valence-electron chi connectivity index (χ4n) is 4.15. The standard InChI is InChI=1S/C19H24N2O3/c22-18(15-5-1-2-6-15)21-11-8-16-19(13-21,9-12-23-16)14-24-17-7-3-4-10-20-17/h3-5,7,10,16H,1-2,6,8-9,11-14H2/t16-,19+/m0/s1. The Bertz CT molecular complexity index is 631. The van der Waals surface area contributed by atoms with Crippen LogP contribution in [-0.2, 0) is 9.53 Å². The van der Waals surface area contributed by atoms with E-state index in [0.29, 0.717) is 12.5 Å². The van der Waals surface area contributed by atoms with Gasteiger partial charge in [-0.05, 0) is 38.2 Å². The summed E-state index contributed by atoms with van der Waals surface area (Å²) in [6.45, 7) is 2.81. The number of likely N-dealkylation sites (tertiary alicyclic amines) is 1. The Labute approximate surface area is 142 Å². The largest absolute Gasteiger partial charge is 0.477 e. The lowest BCUT2D eigenvalue weighted by Gasteiger charge is -2.43. The van der Waals surface area contributed by atoms with Crippen molar-refractivity contribution >= 4 is 5.91 Å². The third-order valence-electron chi connectivity index (χ3n) is 5.52. The molecule has 1 aromatic rings. The van der Waals surface area contributed by atoms with Gasteiger partial charge in [0.05, 0.1) is 18.1 Å². The van der Waals surface area contributed by atoms with E-state index in [1.807, 2.05) is 23.1 Å². The minimum atomic E-state index is -0.107. The number of nitrogens with zero attached hydrogens (tertiary/aromatic N) is 2. The van der Waals surface area contributed by atoms with Crippen LogP contribution in [-0.4, -0.2) is 48.2 Å². The highest BCUT2D eigenvalue weighted by molar-refractivity contribution is 5.93. The van der Waals surface area contributed by atoms with Gasteiger partial charge in [0.25, 0.3) is 0 Å². The second kappa shape index (κ2) is 6.55. The van der Waals surface area contributed by atoms with Gasteiger partial charge in [-0.1, -0.05) is 12.1 Å². The van der Waals surface area contributed by atoms with Gasteiger partial charge in [0.2, 0.25) is 11.8 Å². The molecule has 2 aliphatic heterocycles. The summed E-state index contributed by atoms with van der Waals surface area (Å²) in [5.41, 5.74) is 0.887. The monoisotopic (exact) mass is 328 g/mol. The van der Waals surface area contributed by atoms with Gasteiger partial charge in [0.15, 0.2) is 0 Å². The van der Waals surface area contributed by atoms with Crippen molar-refractivity contribution in [3.63, 3.8) is 0 Å². The summed E-state index contributed by atoms with van der Waals surface area (Å²) in [6.07, 6.45) is 8.92. The van der Waals surface area contributed by atoms with E-state index in [4.69, 9.17) is 9.47 Å². The van der Waals surface area contributed by atoms with Gasteiger partial charge in [-0.3, -0.25) is 4.79 Å². The average Bonchev–Trinajstić information content (AvgIpc) is 3.29. The van der Waals surface area contributed by atoms with E-state index < -0.39 is 0 Å². The Balaban J connectivity index is 1.47. The molecule has 0 radical (unpaired) electrons. The summed E-state index contributed by atoms with van der Waals surface area (Å²) in [7, 11) is 0. The van der Waals surface area contributed by atoms with E-state index in [9.17, 15) is 4.79 Å². The van der Waals surface area contributed by atoms with Crippen LogP contribution in [0.4, 0.5) is 0 Å². The highest BCUT2D eigenvalue weighted by atomic mass is 16.5. The highest BCUT2D eigenvalue weighted by Gasteiger charge is 2.49. The van der Waals surface area contributed by atoms with Crippen LogP contribution in [0.3, 0.4) is 0 Å². The van der Waals surface area contributed by atoms with Gasteiger partial charge in [0.1, 0.15) is 0 Å². The molecule has 0 unspecified atom stereocenters. The number of hydrogen-bond donors (Lipinski definition) is 0. The maximum absolute atomic E-state index is 12.8. The molecule has 2 fully saturated rings. The van der Waals surface area contributed by atoms with E-state index in [1.165, 1.54) is 0 Å². The first kappa shape index (κ1) is 15.6. The zero-order valence-corrected chi connectivity index (χ0v) is 13.9. The van der Waals surface area contributed by atoms with Crippen molar-refractivity contribution in [2.24, 2.45) is 5.41 Å². The fourth-order valence-corrected chi connectivity index (χ4v) is 4.15. The molecule has 0 spiro atoms. The van der Waals surface area contributed by atoms with Crippen LogP contribution in [0.15, 0.2) is 36.0 Å². The molecule has 1 aromatic heterocycles. The zero-order chi connectivity index (χ0) is 16.4. The quantitative estimate of drug-likeness (QED) is 0.852. The second-order valence-corrected chi connectivity index (χ2v) is 7.07. The number of carbonyl (C=O) groups is 1. The molecule has 5 nitrogen and oxygen atoms in total. The van der Waals surface area contributed by atoms with Crippen LogP contribution in [0.1, 0.15) is 32.1 Å². The normalized spacial score (nSPS) is 29.2.